The molecule has 6 nitrogen and oxygen atoms in total. The molecule has 3 aromatic rings. The van der Waals surface area contributed by atoms with Crippen LogP contribution in [0.1, 0.15) is 43.2 Å². The average Bonchev–Trinajstić information content (AvgIpc) is 3.05. The first-order valence-electron chi connectivity index (χ1n) is 15.4. The second-order valence-electron chi connectivity index (χ2n) is 11.7. The van der Waals surface area contributed by atoms with Crippen molar-refractivity contribution in [2.45, 2.75) is 45.1 Å². The van der Waals surface area contributed by atoms with E-state index < -0.39 is 0 Å². The summed E-state index contributed by atoms with van der Waals surface area (Å²) in [5.41, 5.74) is 3.15. The van der Waals surface area contributed by atoms with Crippen LogP contribution in [0.5, 0.6) is 0 Å². The van der Waals surface area contributed by atoms with E-state index in [-0.39, 0.29) is 24.5 Å². The molecular weight excluding hydrogens is 581 g/mol. The summed E-state index contributed by atoms with van der Waals surface area (Å²) in [5.74, 6) is 0.646. The van der Waals surface area contributed by atoms with Crippen LogP contribution < -0.4 is 4.90 Å². The number of piperidine rings is 2. The predicted octanol–water partition coefficient (Wildman–Crippen LogP) is 7.72. The third-order valence-corrected chi connectivity index (χ3v) is 9.46. The van der Waals surface area contributed by atoms with Crippen molar-refractivity contribution >= 4 is 40.9 Å². The highest BCUT2D eigenvalue weighted by molar-refractivity contribution is 6.42. The molecule has 43 heavy (non-hydrogen) atoms. The Kier molecular flexibility index (Phi) is 11.4. The molecule has 2 saturated heterocycles. The Morgan fingerprint density at radius 3 is 2.09 bits per heavy atom. The highest BCUT2D eigenvalue weighted by atomic mass is 35.5. The summed E-state index contributed by atoms with van der Waals surface area (Å²) in [6.07, 6.45) is 5.31. The zero-order chi connectivity index (χ0) is 30.0. The molecule has 0 aromatic heterocycles. The minimum absolute atomic E-state index is 0.0808. The van der Waals surface area contributed by atoms with Crippen LogP contribution in [0.4, 0.5) is 10.5 Å². The number of hydrogen-bond acceptors (Lipinski definition) is 4. The zero-order valence-corrected chi connectivity index (χ0v) is 26.2. The topological polar surface area (TPSA) is 53.1 Å². The van der Waals surface area contributed by atoms with E-state index in [0.29, 0.717) is 42.5 Å². The predicted molar refractivity (Wildman–Crippen MR) is 174 cm³/mol. The van der Waals surface area contributed by atoms with Crippen LogP contribution in [0.15, 0.2) is 78.9 Å². The van der Waals surface area contributed by atoms with Crippen molar-refractivity contribution in [3.63, 3.8) is 0 Å². The van der Waals surface area contributed by atoms with E-state index in [9.17, 15) is 9.59 Å². The Balaban J connectivity index is 1.12. The van der Waals surface area contributed by atoms with Gasteiger partial charge < -0.3 is 19.4 Å². The molecule has 0 bridgehead atoms. The summed E-state index contributed by atoms with van der Waals surface area (Å²) in [5, 5.41) is 0.909. The molecule has 8 heteroatoms. The Bertz CT molecular complexity index is 1320. The van der Waals surface area contributed by atoms with Crippen molar-refractivity contribution in [3.8, 4) is 0 Å². The van der Waals surface area contributed by atoms with E-state index >= 15 is 0 Å². The summed E-state index contributed by atoms with van der Waals surface area (Å²) >= 11 is 12.6. The monoisotopic (exact) mass is 621 g/mol. The second kappa shape index (κ2) is 15.6. The quantitative estimate of drug-likeness (QED) is 0.232. The number of amides is 2. The van der Waals surface area contributed by atoms with Crippen molar-refractivity contribution < 1.29 is 14.3 Å². The van der Waals surface area contributed by atoms with Gasteiger partial charge in [-0.15, -0.1) is 0 Å². The number of likely N-dealkylation sites (tertiary alicyclic amines) is 2. The molecule has 228 valence electrons. The number of carbonyl (C=O) groups is 2. The molecule has 2 aliphatic heterocycles. The highest BCUT2D eigenvalue weighted by Crippen LogP contribution is 2.30. The second-order valence-corrected chi connectivity index (χ2v) is 12.5. The Hall–Kier alpha value is -3.06. The normalized spacial score (nSPS) is 16.7. The van der Waals surface area contributed by atoms with E-state index in [1.807, 2.05) is 41.3 Å². The third kappa shape index (κ3) is 8.98. The van der Waals surface area contributed by atoms with Crippen molar-refractivity contribution in [3.05, 3.63) is 100 Å². The number of halogens is 2. The van der Waals surface area contributed by atoms with Gasteiger partial charge in [0.25, 0.3) is 0 Å². The van der Waals surface area contributed by atoms with Crippen molar-refractivity contribution in [1.82, 2.24) is 9.80 Å². The van der Waals surface area contributed by atoms with Crippen LogP contribution in [0.2, 0.25) is 10.0 Å². The highest BCUT2D eigenvalue weighted by Gasteiger charge is 2.32. The van der Waals surface area contributed by atoms with Crippen LogP contribution >= 0.6 is 23.2 Å². The van der Waals surface area contributed by atoms with Gasteiger partial charge in [-0.2, -0.15) is 0 Å². The number of hydrogen-bond donors (Lipinski definition) is 0. The minimum Gasteiger partial charge on any atom is -0.445 e. The van der Waals surface area contributed by atoms with Gasteiger partial charge in [-0.1, -0.05) is 83.9 Å². The van der Waals surface area contributed by atoms with Gasteiger partial charge in [0, 0.05) is 31.2 Å². The number of ether oxygens (including phenoxy) is 1. The van der Waals surface area contributed by atoms with Gasteiger partial charge in [-0.05, 0) is 93.4 Å². The lowest BCUT2D eigenvalue weighted by molar-refractivity contribution is -0.123. The van der Waals surface area contributed by atoms with Crippen LogP contribution in [0.25, 0.3) is 0 Å². The first-order chi connectivity index (χ1) is 21.0. The van der Waals surface area contributed by atoms with Crippen LogP contribution in [-0.4, -0.2) is 61.1 Å². The van der Waals surface area contributed by atoms with E-state index in [2.05, 4.69) is 35.2 Å². The molecule has 0 aliphatic carbocycles. The zero-order valence-electron chi connectivity index (χ0n) is 24.7. The molecule has 0 radical (unpaired) electrons. The number of nitrogens with zero attached hydrogens (tertiary/aromatic N) is 3. The fourth-order valence-electron chi connectivity index (χ4n) is 6.17. The summed E-state index contributed by atoms with van der Waals surface area (Å²) in [6.45, 7) is 4.99. The summed E-state index contributed by atoms with van der Waals surface area (Å²) in [6, 6.07) is 25.8. The van der Waals surface area contributed by atoms with Crippen LogP contribution in [0, 0.1) is 11.8 Å². The molecule has 2 aliphatic rings. The molecule has 0 spiro atoms. The van der Waals surface area contributed by atoms with Gasteiger partial charge in [0.2, 0.25) is 5.91 Å². The van der Waals surface area contributed by atoms with Crippen LogP contribution in [-0.2, 0) is 22.6 Å². The largest absolute Gasteiger partial charge is 0.445 e. The lowest BCUT2D eigenvalue weighted by atomic mass is 9.90. The maximum Gasteiger partial charge on any atom is 0.410 e. The van der Waals surface area contributed by atoms with E-state index in [0.717, 1.165) is 49.6 Å². The van der Waals surface area contributed by atoms with Gasteiger partial charge in [0.05, 0.1) is 10.0 Å². The molecule has 0 N–H and O–H groups in total. The standard InChI is InChI=1S/C35H41Cl2N3O3/c36-32-13-12-31(25-33(32)37)40(19-7-18-38-20-14-28(15-21-38)24-27-8-3-1-4-9-27)34(41)30-16-22-39(23-17-30)35(42)43-26-29-10-5-2-6-11-29/h1-6,8-13,25,28,30H,7,14-24,26H2. The molecule has 2 amide bonds. The lowest BCUT2D eigenvalue weighted by Crippen LogP contribution is -2.45. The molecule has 2 heterocycles. The fourth-order valence-corrected chi connectivity index (χ4v) is 6.47. The molecule has 3 aromatic carbocycles. The van der Waals surface area contributed by atoms with E-state index in [1.54, 1.807) is 17.0 Å². The molecule has 5 rings (SSSR count). The number of carbonyl (C=O) groups excluding carboxylic acids is 2. The summed E-state index contributed by atoms with van der Waals surface area (Å²) < 4.78 is 5.51. The number of benzene rings is 3. The molecule has 0 saturated carbocycles. The Morgan fingerprint density at radius 1 is 0.791 bits per heavy atom. The maximum absolute atomic E-state index is 13.9. The molecule has 2 fully saturated rings. The van der Waals surface area contributed by atoms with E-state index in [1.165, 1.54) is 18.4 Å². The van der Waals surface area contributed by atoms with Gasteiger partial charge in [0.15, 0.2) is 0 Å². The maximum atomic E-state index is 13.9. The molecular formula is C35H41Cl2N3O3. The smallest absolute Gasteiger partial charge is 0.410 e. The number of rotatable bonds is 10. The van der Waals surface area contributed by atoms with Gasteiger partial charge in [0.1, 0.15) is 6.61 Å². The van der Waals surface area contributed by atoms with Crippen molar-refractivity contribution in [2.24, 2.45) is 11.8 Å². The van der Waals surface area contributed by atoms with Gasteiger partial charge >= 0.3 is 6.09 Å². The van der Waals surface area contributed by atoms with Gasteiger partial charge in [-0.25, -0.2) is 4.79 Å². The molecule has 0 atom stereocenters. The van der Waals surface area contributed by atoms with Crippen molar-refractivity contribution in [2.75, 3.05) is 44.2 Å². The first kappa shape index (κ1) is 31.4. The third-order valence-electron chi connectivity index (χ3n) is 8.72. The average molecular weight is 623 g/mol. The Labute approximate surface area is 265 Å². The van der Waals surface area contributed by atoms with Crippen LogP contribution in [0.3, 0.4) is 0 Å². The minimum atomic E-state index is -0.330. The van der Waals surface area contributed by atoms with Gasteiger partial charge in [-0.3, -0.25) is 4.79 Å². The molecule has 0 unspecified atom stereocenters. The Morgan fingerprint density at radius 2 is 1.44 bits per heavy atom. The lowest BCUT2D eigenvalue weighted by Gasteiger charge is -2.35. The first-order valence-corrected chi connectivity index (χ1v) is 16.2. The summed E-state index contributed by atoms with van der Waals surface area (Å²) in [7, 11) is 0. The van der Waals surface area contributed by atoms with E-state index in [4.69, 9.17) is 27.9 Å². The SMILES string of the molecule is O=C(OCc1ccccc1)N1CCC(C(=O)N(CCCN2CCC(Cc3ccccc3)CC2)c2ccc(Cl)c(Cl)c2)CC1. The summed E-state index contributed by atoms with van der Waals surface area (Å²) in [4.78, 5) is 32.6. The fraction of sp³-hybridized carbons (Fsp3) is 0.429. The number of anilines is 1. The van der Waals surface area contributed by atoms with Crippen molar-refractivity contribution in [1.29, 1.82) is 0 Å².